The van der Waals surface area contributed by atoms with Crippen molar-refractivity contribution in [2.75, 3.05) is 40.0 Å². The first-order valence-electron chi connectivity index (χ1n) is 8.51. The molecule has 1 aliphatic heterocycles. The molecule has 1 fully saturated rings. The molecule has 1 aromatic rings. The van der Waals surface area contributed by atoms with Crippen LogP contribution in [0.1, 0.15) is 26.2 Å². The summed E-state index contributed by atoms with van der Waals surface area (Å²) in [5.74, 6) is 0.638. The molecule has 0 aliphatic carbocycles. The van der Waals surface area contributed by atoms with Crippen molar-refractivity contribution in [1.29, 1.82) is 0 Å². The van der Waals surface area contributed by atoms with E-state index < -0.39 is 10.0 Å². The van der Waals surface area contributed by atoms with Gasteiger partial charge in [-0.3, -0.25) is 0 Å². The van der Waals surface area contributed by atoms with E-state index in [1.807, 2.05) is 0 Å². The molecule has 0 spiro atoms. The van der Waals surface area contributed by atoms with Gasteiger partial charge in [0.05, 0.1) is 11.5 Å². The Labute approximate surface area is 157 Å². The average molecular weight is 393 g/mol. The van der Waals surface area contributed by atoms with E-state index in [4.69, 9.17) is 9.47 Å². The second-order valence-electron chi connectivity index (χ2n) is 6.05. The van der Waals surface area contributed by atoms with Gasteiger partial charge >= 0.3 is 0 Å². The summed E-state index contributed by atoms with van der Waals surface area (Å²) in [7, 11) is -1.87. The van der Waals surface area contributed by atoms with Gasteiger partial charge in [-0.2, -0.15) is 0 Å². The van der Waals surface area contributed by atoms with Crippen LogP contribution in [0.25, 0.3) is 0 Å². The van der Waals surface area contributed by atoms with E-state index in [-0.39, 0.29) is 23.3 Å². The molecule has 2 rings (SSSR count). The zero-order valence-corrected chi connectivity index (χ0v) is 16.6. The highest BCUT2D eigenvalue weighted by molar-refractivity contribution is 7.89. The Morgan fingerprint density at radius 3 is 2.36 bits per heavy atom. The fraction of sp³-hybridized carbons (Fsp3) is 0.647. The number of likely N-dealkylation sites (tertiary alicyclic amines) is 1. The van der Waals surface area contributed by atoms with E-state index in [1.165, 1.54) is 0 Å². The zero-order valence-electron chi connectivity index (χ0n) is 14.9. The average Bonchev–Trinajstić information content (AvgIpc) is 2.57. The molecule has 6 nitrogen and oxygen atoms in total. The van der Waals surface area contributed by atoms with Crippen LogP contribution in [0.5, 0.6) is 5.75 Å². The predicted octanol–water partition coefficient (Wildman–Crippen LogP) is 2.29. The summed E-state index contributed by atoms with van der Waals surface area (Å²) < 4.78 is 38.2. The summed E-state index contributed by atoms with van der Waals surface area (Å²) >= 11 is 0. The number of halogens is 1. The van der Waals surface area contributed by atoms with Crippen LogP contribution in [-0.2, 0) is 14.8 Å². The van der Waals surface area contributed by atoms with Gasteiger partial charge in [0, 0.05) is 13.2 Å². The fourth-order valence-electron chi connectivity index (χ4n) is 2.84. The van der Waals surface area contributed by atoms with Gasteiger partial charge in [0.15, 0.2) is 0 Å². The molecule has 0 aromatic heterocycles. The van der Waals surface area contributed by atoms with E-state index in [9.17, 15) is 8.42 Å². The largest absolute Gasteiger partial charge is 0.491 e. The van der Waals surface area contributed by atoms with Crippen molar-refractivity contribution in [2.24, 2.45) is 0 Å². The molecule has 8 heteroatoms. The van der Waals surface area contributed by atoms with Gasteiger partial charge < -0.3 is 14.4 Å². The normalized spacial score (nSPS) is 16.4. The lowest BCUT2D eigenvalue weighted by molar-refractivity contribution is 0.146. The van der Waals surface area contributed by atoms with Crippen LogP contribution >= 0.6 is 12.4 Å². The monoisotopic (exact) mass is 392 g/mol. The number of piperidine rings is 1. The van der Waals surface area contributed by atoms with Crippen LogP contribution in [0, 0.1) is 0 Å². The molecule has 1 aromatic carbocycles. The van der Waals surface area contributed by atoms with E-state index in [1.54, 1.807) is 31.4 Å². The van der Waals surface area contributed by atoms with Crippen LogP contribution in [-0.4, -0.2) is 59.3 Å². The number of hydrogen-bond acceptors (Lipinski definition) is 5. The molecule has 0 saturated carbocycles. The highest BCUT2D eigenvalue weighted by atomic mass is 35.5. The Hall–Kier alpha value is -0.860. The van der Waals surface area contributed by atoms with Gasteiger partial charge in [0.2, 0.25) is 10.0 Å². The van der Waals surface area contributed by atoms with Gasteiger partial charge in [0.25, 0.3) is 0 Å². The quantitative estimate of drug-likeness (QED) is 0.653. The first-order valence-corrected chi connectivity index (χ1v) is 10.00. The van der Waals surface area contributed by atoms with Crippen LogP contribution in [0.2, 0.25) is 0 Å². The molecular weight excluding hydrogens is 364 g/mol. The maximum atomic E-state index is 12.5. The number of hydrogen-bond donors (Lipinski definition) is 1. The molecule has 25 heavy (non-hydrogen) atoms. The molecular formula is C17H29ClN2O4S. The number of rotatable bonds is 9. The third-order valence-corrected chi connectivity index (χ3v) is 5.68. The first-order chi connectivity index (χ1) is 11.5. The SMILES string of the molecule is CCCN1CCC(NS(=O)(=O)c2ccc(OCCOC)cc2)CC1.Cl. The zero-order chi connectivity index (χ0) is 17.4. The lowest BCUT2D eigenvalue weighted by Crippen LogP contribution is -2.44. The topological polar surface area (TPSA) is 67.9 Å². The Bertz CT molecular complexity index is 587. The highest BCUT2D eigenvalue weighted by Gasteiger charge is 2.24. The van der Waals surface area contributed by atoms with Gasteiger partial charge in [-0.15, -0.1) is 12.4 Å². The second-order valence-corrected chi connectivity index (χ2v) is 7.76. The number of sulfonamides is 1. The molecule has 0 radical (unpaired) electrons. The molecule has 0 unspecified atom stereocenters. The molecule has 1 N–H and O–H groups in total. The minimum Gasteiger partial charge on any atom is -0.491 e. The number of ether oxygens (including phenoxy) is 2. The van der Waals surface area contributed by atoms with E-state index in [2.05, 4.69) is 16.5 Å². The van der Waals surface area contributed by atoms with E-state index in [0.717, 1.165) is 38.9 Å². The minimum absolute atomic E-state index is 0. The first kappa shape index (κ1) is 22.2. The van der Waals surface area contributed by atoms with Crippen molar-refractivity contribution >= 4 is 22.4 Å². The Morgan fingerprint density at radius 2 is 1.80 bits per heavy atom. The number of nitrogens with one attached hydrogen (secondary N) is 1. The lowest BCUT2D eigenvalue weighted by atomic mass is 10.1. The summed E-state index contributed by atoms with van der Waals surface area (Å²) in [5, 5.41) is 0. The summed E-state index contributed by atoms with van der Waals surface area (Å²) in [6.45, 7) is 6.09. The van der Waals surface area contributed by atoms with Crippen molar-refractivity contribution in [1.82, 2.24) is 9.62 Å². The van der Waals surface area contributed by atoms with Crippen LogP contribution < -0.4 is 9.46 Å². The van der Waals surface area contributed by atoms with E-state index >= 15 is 0 Å². The number of benzene rings is 1. The van der Waals surface area contributed by atoms with Crippen molar-refractivity contribution in [3.05, 3.63) is 24.3 Å². The molecule has 144 valence electrons. The maximum Gasteiger partial charge on any atom is 0.240 e. The van der Waals surface area contributed by atoms with Crippen molar-refractivity contribution in [3.8, 4) is 5.75 Å². The van der Waals surface area contributed by atoms with E-state index in [0.29, 0.717) is 19.0 Å². The van der Waals surface area contributed by atoms with Gasteiger partial charge in [0.1, 0.15) is 12.4 Å². The third-order valence-electron chi connectivity index (χ3n) is 4.14. The Morgan fingerprint density at radius 1 is 1.16 bits per heavy atom. The summed E-state index contributed by atoms with van der Waals surface area (Å²) in [4.78, 5) is 2.66. The van der Waals surface area contributed by atoms with Gasteiger partial charge in [-0.1, -0.05) is 6.92 Å². The molecule has 0 bridgehead atoms. The summed E-state index contributed by atoms with van der Waals surface area (Å²) in [6, 6.07) is 6.52. The molecule has 0 amide bonds. The van der Waals surface area contributed by atoms with Crippen molar-refractivity contribution in [2.45, 2.75) is 37.1 Å². The van der Waals surface area contributed by atoms with Crippen LogP contribution in [0.4, 0.5) is 0 Å². The van der Waals surface area contributed by atoms with Gasteiger partial charge in [-0.05, 0) is 63.2 Å². The third kappa shape index (κ3) is 7.11. The Kier molecular flexibility index (Phi) is 9.74. The number of methoxy groups -OCH3 is 1. The fourth-order valence-corrected chi connectivity index (χ4v) is 4.14. The van der Waals surface area contributed by atoms with Crippen LogP contribution in [0.15, 0.2) is 29.2 Å². The smallest absolute Gasteiger partial charge is 0.240 e. The highest BCUT2D eigenvalue weighted by Crippen LogP contribution is 2.18. The minimum atomic E-state index is -3.48. The second kappa shape index (κ2) is 11.0. The Balaban J connectivity index is 0.00000312. The van der Waals surface area contributed by atoms with Crippen LogP contribution in [0.3, 0.4) is 0 Å². The van der Waals surface area contributed by atoms with Crippen molar-refractivity contribution < 1.29 is 17.9 Å². The lowest BCUT2D eigenvalue weighted by Gasteiger charge is -2.31. The predicted molar refractivity (Wildman–Crippen MR) is 101 cm³/mol. The number of nitrogens with zero attached hydrogens (tertiary/aromatic N) is 1. The standard InChI is InChI=1S/C17H28N2O4S.ClH/c1-3-10-19-11-8-15(9-12-19)18-24(20,21)17-6-4-16(5-7-17)23-14-13-22-2;/h4-7,15,18H,3,8-14H2,1-2H3;1H. The molecule has 1 aliphatic rings. The molecule has 1 heterocycles. The van der Waals surface area contributed by atoms with Crippen molar-refractivity contribution in [3.63, 3.8) is 0 Å². The van der Waals surface area contributed by atoms with Gasteiger partial charge in [-0.25, -0.2) is 13.1 Å². The molecule has 0 atom stereocenters. The molecule has 1 saturated heterocycles. The summed E-state index contributed by atoms with van der Waals surface area (Å²) in [6.07, 6.45) is 2.85. The maximum absolute atomic E-state index is 12.5. The summed E-state index contributed by atoms with van der Waals surface area (Å²) in [5.41, 5.74) is 0.